The number of furan rings is 1. The van der Waals surface area contributed by atoms with Crippen molar-refractivity contribution in [3.05, 3.63) is 72.9 Å². The molecule has 0 aliphatic carbocycles. The highest BCUT2D eigenvalue weighted by molar-refractivity contribution is 5.99. The standard InChI is InChI=1S/C19H14N2O/c20-19-18(15-9-5-4-8-14(15)12-21-19)17-11-10-16(22-17)13-6-2-1-3-7-13/h1-12H,(H2,20,21). The summed E-state index contributed by atoms with van der Waals surface area (Å²) in [5.41, 5.74) is 7.99. The van der Waals surface area contributed by atoms with Crippen LogP contribution in [0.3, 0.4) is 0 Å². The van der Waals surface area contributed by atoms with Gasteiger partial charge in [-0.2, -0.15) is 0 Å². The monoisotopic (exact) mass is 286 g/mol. The van der Waals surface area contributed by atoms with Crippen molar-refractivity contribution in [2.45, 2.75) is 0 Å². The van der Waals surface area contributed by atoms with Crippen molar-refractivity contribution < 1.29 is 4.42 Å². The second kappa shape index (κ2) is 5.04. The molecule has 2 aromatic carbocycles. The fourth-order valence-corrected chi connectivity index (χ4v) is 2.67. The molecular formula is C19H14N2O. The molecule has 0 atom stereocenters. The minimum Gasteiger partial charge on any atom is -0.456 e. The van der Waals surface area contributed by atoms with Crippen molar-refractivity contribution in [1.82, 2.24) is 4.98 Å². The third kappa shape index (κ3) is 2.04. The molecule has 0 saturated heterocycles. The summed E-state index contributed by atoms with van der Waals surface area (Å²) in [6, 6.07) is 22.0. The van der Waals surface area contributed by atoms with Gasteiger partial charge in [0.2, 0.25) is 0 Å². The molecule has 0 fully saturated rings. The van der Waals surface area contributed by atoms with Gasteiger partial charge in [-0.05, 0) is 17.5 Å². The minimum atomic E-state index is 0.479. The van der Waals surface area contributed by atoms with Crippen molar-refractivity contribution >= 4 is 16.6 Å². The molecule has 0 aliphatic heterocycles. The number of nitrogens with zero attached hydrogens (tertiary/aromatic N) is 1. The van der Waals surface area contributed by atoms with Crippen molar-refractivity contribution in [1.29, 1.82) is 0 Å². The van der Waals surface area contributed by atoms with E-state index in [-0.39, 0.29) is 0 Å². The summed E-state index contributed by atoms with van der Waals surface area (Å²) in [7, 11) is 0. The van der Waals surface area contributed by atoms with Crippen molar-refractivity contribution in [3.63, 3.8) is 0 Å². The molecule has 2 aromatic heterocycles. The molecule has 0 radical (unpaired) electrons. The molecule has 106 valence electrons. The molecule has 4 rings (SSSR count). The fraction of sp³-hybridized carbons (Fsp3) is 0. The van der Waals surface area contributed by atoms with Gasteiger partial charge in [-0.15, -0.1) is 0 Å². The summed E-state index contributed by atoms with van der Waals surface area (Å²) in [4.78, 5) is 4.28. The first kappa shape index (κ1) is 12.7. The molecule has 22 heavy (non-hydrogen) atoms. The summed E-state index contributed by atoms with van der Waals surface area (Å²) < 4.78 is 6.02. The van der Waals surface area contributed by atoms with Gasteiger partial charge in [0, 0.05) is 17.1 Å². The Kier molecular flexibility index (Phi) is 2.90. The van der Waals surface area contributed by atoms with Crippen molar-refractivity contribution in [2.24, 2.45) is 0 Å². The molecular weight excluding hydrogens is 272 g/mol. The van der Waals surface area contributed by atoms with Crippen LogP contribution in [-0.2, 0) is 0 Å². The van der Waals surface area contributed by atoms with Crippen molar-refractivity contribution in [2.75, 3.05) is 5.73 Å². The van der Waals surface area contributed by atoms with Crippen LogP contribution in [0.1, 0.15) is 0 Å². The first-order valence-electron chi connectivity index (χ1n) is 7.12. The largest absolute Gasteiger partial charge is 0.456 e. The van der Waals surface area contributed by atoms with E-state index in [2.05, 4.69) is 4.98 Å². The predicted octanol–water partition coefficient (Wildman–Crippen LogP) is 4.74. The Bertz CT molecular complexity index is 942. The lowest BCUT2D eigenvalue weighted by atomic mass is 10.1. The molecule has 3 heteroatoms. The molecule has 0 bridgehead atoms. The molecule has 3 nitrogen and oxygen atoms in total. The van der Waals surface area contributed by atoms with Gasteiger partial charge in [0.1, 0.15) is 17.3 Å². The lowest BCUT2D eigenvalue weighted by Gasteiger charge is -2.06. The summed E-state index contributed by atoms with van der Waals surface area (Å²) >= 11 is 0. The molecule has 0 amide bonds. The van der Waals surface area contributed by atoms with Gasteiger partial charge in [0.25, 0.3) is 0 Å². The Morgan fingerprint density at radius 1 is 0.773 bits per heavy atom. The van der Waals surface area contributed by atoms with Gasteiger partial charge < -0.3 is 10.2 Å². The highest BCUT2D eigenvalue weighted by Gasteiger charge is 2.13. The third-order valence-electron chi connectivity index (χ3n) is 3.74. The Hall–Kier alpha value is -3.07. The molecule has 2 heterocycles. The van der Waals surface area contributed by atoms with Gasteiger partial charge in [-0.25, -0.2) is 4.98 Å². The quantitative estimate of drug-likeness (QED) is 0.579. The Labute approximate surface area is 128 Å². The lowest BCUT2D eigenvalue weighted by Crippen LogP contribution is -1.94. The van der Waals surface area contributed by atoms with E-state index in [1.165, 1.54) is 0 Å². The number of nitrogens with two attached hydrogens (primary N) is 1. The molecule has 2 N–H and O–H groups in total. The van der Waals surface area contributed by atoms with E-state index in [4.69, 9.17) is 10.2 Å². The van der Waals surface area contributed by atoms with Gasteiger partial charge in [-0.3, -0.25) is 0 Å². The van der Waals surface area contributed by atoms with Crippen LogP contribution in [0.4, 0.5) is 5.82 Å². The summed E-state index contributed by atoms with van der Waals surface area (Å²) in [5.74, 6) is 2.04. The topological polar surface area (TPSA) is 52.0 Å². The van der Waals surface area contributed by atoms with Crippen LogP contribution in [0.25, 0.3) is 33.4 Å². The zero-order valence-corrected chi connectivity index (χ0v) is 11.9. The van der Waals surface area contributed by atoms with E-state index in [1.54, 1.807) is 6.20 Å². The average Bonchev–Trinajstić information content (AvgIpc) is 3.05. The van der Waals surface area contributed by atoms with E-state index < -0.39 is 0 Å². The lowest BCUT2D eigenvalue weighted by molar-refractivity contribution is 0.598. The van der Waals surface area contributed by atoms with Crippen LogP contribution < -0.4 is 5.73 Å². The number of hydrogen-bond acceptors (Lipinski definition) is 3. The van der Waals surface area contributed by atoms with E-state index >= 15 is 0 Å². The van der Waals surface area contributed by atoms with Crippen LogP contribution in [-0.4, -0.2) is 4.98 Å². The van der Waals surface area contributed by atoms with Gasteiger partial charge in [0.05, 0.1) is 5.56 Å². The summed E-state index contributed by atoms with van der Waals surface area (Å²) in [6.45, 7) is 0. The minimum absolute atomic E-state index is 0.479. The van der Waals surface area contributed by atoms with Crippen LogP contribution in [0.15, 0.2) is 77.3 Å². The smallest absolute Gasteiger partial charge is 0.139 e. The number of rotatable bonds is 2. The molecule has 0 aliphatic rings. The van der Waals surface area contributed by atoms with E-state index in [0.717, 1.165) is 33.4 Å². The van der Waals surface area contributed by atoms with Crippen LogP contribution in [0.2, 0.25) is 0 Å². The average molecular weight is 286 g/mol. The fourth-order valence-electron chi connectivity index (χ4n) is 2.67. The summed E-state index contributed by atoms with van der Waals surface area (Å²) in [6.07, 6.45) is 1.79. The number of aromatic nitrogens is 1. The first-order valence-corrected chi connectivity index (χ1v) is 7.12. The van der Waals surface area contributed by atoms with Gasteiger partial charge in [-0.1, -0.05) is 54.6 Å². The Morgan fingerprint density at radius 2 is 1.50 bits per heavy atom. The molecule has 0 spiro atoms. The zero-order chi connectivity index (χ0) is 14.9. The third-order valence-corrected chi connectivity index (χ3v) is 3.74. The predicted molar refractivity (Wildman–Crippen MR) is 89.3 cm³/mol. The second-order valence-corrected chi connectivity index (χ2v) is 5.14. The van der Waals surface area contributed by atoms with Gasteiger partial charge >= 0.3 is 0 Å². The SMILES string of the molecule is Nc1ncc2ccccc2c1-c1ccc(-c2ccccc2)o1. The van der Waals surface area contributed by atoms with Crippen LogP contribution in [0, 0.1) is 0 Å². The maximum atomic E-state index is 6.10. The Balaban J connectivity index is 1.90. The number of anilines is 1. The van der Waals surface area contributed by atoms with Gasteiger partial charge in [0.15, 0.2) is 0 Å². The molecule has 0 unspecified atom stereocenters. The number of hydrogen-bond donors (Lipinski definition) is 1. The van der Waals surface area contributed by atoms with E-state index in [9.17, 15) is 0 Å². The number of fused-ring (bicyclic) bond motifs is 1. The second-order valence-electron chi connectivity index (χ2n) is 5.14. The van der Waals surface area contributed by atoms with Crippen molar-refractivity contribution in [3.8, 4) is 22.6 Å². The van der Waals surface area contributed by atoms with E-state index in [1.807, 2.05) is 66.7 Å². The number of pyridine rings is 1. The summed E-state index contributed by atoms with van der Waals surface area (Å²) in [5, 5.41) is 2.09. The first-order chi connectivity index (χ1) is 10.8. The molecule has 0 saturated carbocycles. The maximum absolute atomic E-state index is 6.10. The number of benzene rings is 2. The van der Waals surface area contributed by atoms with Crippen LogP contribution in [0.5, 0.6) is 0 Å². The highest BCUT2D eigenvalue weighted by atomic mass is 16.3. The maximum Gasteiger partial charge on any atom is 0.139 e. The normalized spacial score (nSPS) is 10.9. The van der Waals surface area contributed by atoms with E-state index in [0.29, 0.717) is 5.82 Å². The van der Waals surface area contributed by atoms with Crippen LogP contribution >= 0.6 is 0 Å². The number of nitrogen functional groups attached to an aromatic ring is 1. The Morgan fingerprint density at radius 3 is 2.36 bits per heavy atom. The highest BCUT2D eigenvalue weighted by Crippen LogP contribution is 2.35. The zero-order valence-electron chi connectivity index (χ0n) is 11.9. The molecule has 4 aromatic rings.